The molecule has 4 nitrogen and oxygen atoms in total. The van der Waals surface area contributed by atoms with Gasteiger partial charge in [-0.2, -0.15) is 5.10 Å². The maximum absolute atomic E-state index is 6.18. The van der Waals surface area contributed by atoms with E-state index in [1.54, 1.807) is 13.3 Å². The van der Waals surface area contributed by atoms with E-state index in [1.165, 1.54) is 19.3 Å². The van der Waals surface area contributed by atoms with Gasteiger partial charge in [0, 0.05) is 7.05 Å². The van der Waals surface area contributed by atoms with E-state index < -0.39 is 0 Å². The number of hydrogen-bond acceptors (Lipinski definition) is 3. The SMILES string of the molecule is COc1cnn(C)c1C(N)C1CCC1. The highest BCUT2D eigenvalue weighted by molar-refractivity contribution is 5.28. The van der Waals surface area contributed by atoms with Crippen molar-refractivity contribution in [1.29, 1.82) is 0 Å². The lowest BCUT2D eigenvalue weighted by atomic mass is 9.79. The van der Waals surface area contributed by atoms with Crippen LogP contribution < -0.4 is 10.5 Å². The van der Waals surface area contributed by atoms with Gasteiger partial charge in [0.15, 0.2) is 5.75 Å². The van der Waals surface area contributed by atoms with Gasteiger partial charge >= 0.3 is 0 Å². The molecule has 0 aromatic carbocycles. The summed E-state index contributed by atoms with van der Waals surface area (Å²) in [5.41, 5.74) is 7.21. The summed E-state index contributed by atoms with van der Waals surface area (Å²) in [5.74, 6) is 1.42. The van der Waals surface area contributed by atoms with Crippen molar-refractivity contribution < 1.29 is 4.74 Å². The number of ether oxygens (including phenoxy) is 1. The molecule has 1 heterocycles. The maximum atomic E-state index is 6.18. The lowest BCUT2D eigenvalue weighted by Gasteiger charge is -2.31. The molecular formula is C10H17N3O. The van der Waals surface area contributed by atoms with Crippen molar-refractivity contribution in [1.82, 2.24) is 9.78 Å². The Bertz CT molecular complexity index is 317. The van der Waals surface area contributed by atoms with Crippen LogP contribution in [-0.2, 0) is 7.05 Å². The molecule has 14 heavy (non-hydrogen) atoms. The maximum Gasteiger partial charge on any atom is 0.161 e. The number of methoxy groups -OCH3 is 1. The molecule has 4 heteroatoms. The van der Waals surface area contributed by atoms with E-state index in [9.17, 15) is 0 Å². The third kappa shape index (κ3) is 1.39. The molecule has 0 radical (unpaired) electrons. The van der Waals surface area contributed by atoms with E-state index >= 15 is 0 Å². The largest absolute Gasteiger partial charge is 0.493 e. The van der Waals surface area contributed by atoms with Crippen molar-refractivity contribution in [3.05, 3.63) is 11.9 Å². The van der Waals surface area contributed by atoms with E-state index in [-0.39, 0.29) is 6.04 Å². The Morgan fingerprint density at radius 2 is 2.36 bits per heavy atom. The molecule has 2 rings (SSSR count). The van der Waals surface area contributed by atoms with Crippen LogP contribution >= 0.6 is 0 Å². The van der Waals surface area contributed by atoms with Gasteiger partial charge in [-0.3, -0.25) is 4.68 Å². The van der Waals surface area contributed by atoms with Crippen LogP contribution in [0.15, 0.2) is 6.20 Å². The number of rotatable bonds is 3. The van der Waals surface area contributed by atoms with Gasteiger partial charge in [-0.25, -0.2) is 0 Å². The highest BCUT2D eigenvalue weighted by Gasteiger charge is 2.29. The summed E-state index contributed by atoms with van der Waals surface area (Å²) < 4.78 is 7.06. The second kappa shape index (κ2) is 3.61. The van der Waals surface area contributed by atoms with Gasteiger partial charge in [-0.1, -0.05) is 6.42 Å². The summed E-state index contributed by atoms with van der Waals surface area (Å²) >= 11 is 0. The molecular weight excluding hydrogens is 178 g/mol. The smallest absolute Gasteiger partial charge is 0.161 e. The van der Waals surface area contributed by atoms with E-state index in [0.717, 1.165) is 11.4 Å². The zero-order chi connectivity index (χ0) is 10.1. The predicted molar refractivity (Wildman–Crippen MR) is 54.0 cm³/mol. The summed E-state index contributed by atoms with van der Waals surface area (Å²) in [6.07, 6.45) is 5.50. The standard InChI is InChI=1S/C10H17N3O/c1-13-10(8(14-2)6-12-13)9(11)7-4-3-5-7/h6-7,9H,3-5,11H2,1-2H3. The average Bonchev–Trinajstić information content (AvgIpc) is 2.43. The molecule has 0 aliphatic heterocycles. The third-order valence-electron chi connectivity index (χ3n) is 3.14. The Kier molecular flexibility index (Phi) is 2.46. The zero-order valence-electron chi connectivity index (χ0n) is 8.73. The zero-order valence-corrected chi connectivity index (χ0v) is 8.73. The Balaban J connectivity index is 2.23. The van der Waals surface area contributed by atoms with Crippen LogP contribution in [0.1, 0.15) is 31.0 Å². The molecule has 1 aliphatic carbocycles. The molecule has 1 unspecified atom stereocenters. The molecule has 1 fully saturated rings. The molecule has 1 saturated carbocycles. The minimum Gasteiger partial charge on any atom is -0.493 e. The van der Waals surface area contributed by atoms with Gasteiger partial charge in [-0.05, 0) is 18.8 Å². The first-order chi connectivity index (χ1) is 6.74. The van der Waals surface area contributed by atoms with Gasteiger partial charge in [0.1, 0.15) is 0 Å². The lowest BCUT2D eigenvalue weighted by molar-refractivity contribution is 0.252. The van der Waals surface area contributed by atoms with Gasteiger partial charge in [0.05, 0.1) is 25.0 Å². The van der Waals surface area contributed by atoms with Crippen molar-refractivity contribution in [2.24, 2.45) is 18.7 Å². The van der Waals surface area contributed by atoms with Crippen molar-refractivity contribution in [2.75, 3.05) is 7.11 Å². The molecule has 78 valence electrons. The van der Waals surface area contributed by atoms with Crippen LogP contribution in [0, 0.1) is 5.92 Å². The minimum absolute atomic E-state index is 0.0752. The first-order valence-corrected chi connectivity index (χ1v) is 5.05. The van der Waals surface area contributed by atoms with Crippen LogP contribution in [-0.4, -0.2) is 16.9 Å². The molecule has 1 aromatic rings. The minimum atomic E-state index is 0.0752. The van der Waals surface area contributed by atoms with Gasteiger partial charge in [0.25, 0.3) is 0 Å². The second-order valence-electron chi connectivity index (χ2n) is 3.94. The number of hydrogen-bond donors (Lipinski definition) is 1. The van der Waals surface area contributed by atoms with E-state index in [0.29, 0.717) is 5.92 Å². The Morgan fingerprint density at radius 1 is 1.64 bits per heavy atom. The molecule has 0 spiro atoms. The molecule has 0 bridgehead atoms. The van der Waals surface area contributed by atoms with Crippen LogP contribution in [0.25, 0.3) is 0 Å². The Labute approximate surface area is 84.0 Å². The highest BCUT2D eigenvalue weighted by atomic mass is 16.5. The second-order valence-corrected chi connectivity index (χ2v) is 3.94. The van der Waals surface area contributed by atoms with Gasteiger partial charge in [-0.15, -0.1) is 0 Å². The average molecular weight is 195 g/mol. The fourth-order valence-corrected chi connectivity index (χ4v) is 1.99. The first kappa shape index (κ1) is 9.52. The summed E-state index contributed by atoms with van der Waals surface area (Å²) in [4.78, 5) is 0. The predicted octanol–water partition coefficient (Wildman–Crippen LogP) is 1.23. The van der Waals surface area contributed by atoms with Gasteiger partial charge in [0.2, 0.25) is 0 Å². The third-order valence-corrected chi connectivity index (χ3v) is 3.14. The van der Waals surface area contributed by atoms with Crippen LogP contribution in [0.4, 0.5) is 0 Å². The number of aromatic nitrogens is 2. The topological polar surface area (TPSA) is 53.1 Å². The fourth-order valence-electron chi connectivity index (χ4n) is 1.99. The number of nitrogens with two attached hydrogens (primary N) is 1. The van der Waals surface area contributed by atoms with Crippen molar-refractivity contribution >= 4 is 0 Å². The highest BCUT2D eigenvalue weighted by Crippen LogP contribution is 2.38. The Hall–Kier alpha value is -1.03. The van der Waals surface area contributed by atoms with Crippen LogP contribution in [0.2, 0.25) is 0 Å². The van der Waals surface area contributed by atoms with E-state index in [2.05, 4.69) is 5.10 Å². The molecule has 1 atom stereocenters. The number of aryl methyl sites for hydroxylation is 1. The number of nitrogens with zero attached hydrogens (tertiary/aromatic N) is 2. The van der Waals surface area contributed by atoms with Crippen molar-refractivity contribution in [2.45, 2.75) is 25.3 Å². The van der Waals surface area contributed by atoms with Gasteiger partial charge < -0.3 is 10.5 Å². The normalized spacial score (nSPS) is 19.1. The molecule has 0 amide bonds. The summed E-state index contributed by atoms with van der Waals surface area (Å²) in [6, 6.07) is 0.0752. The molecule has 1 aliphatic rings. The van der Waals surface area contributed by atoms with E-state index in [1.807, 2.05) is 11.7 Å². The van der Waals surface area contributed by atoms with E-state index in [4.69, 9.17) is 10.5 Å². The van der Waals surface area contributed by atoms with Crippen LogP contribution in [0.3, 0.4) is 0 Å². The summed E-state index contributed by atoms with van der Waals surface area (Å²) in [6.45, 7) is 0. The van der Waals surface area contributed by atoms with Crippen molar-refractivity contribution in [3.8, 4) is 5.75 Å². The fraction of sp³-hybridized carbons (Fsp3) is 0.700. The summed E-state index contributed by atoms with van der Waals surface area (Å²) in [5, 5.41) is 4.16. The van der Waals surface area contributed by atoms with Crippen LogP contribution in [0.5, 0.6) is 5.75 Å². The lowest BCUT2D eigenvalue weighted by Crippen LogP contribution is -2.28. The first-order valence-electron chi connectivity index (χ1n) is 5.05. The molecule has 1 aromatic heterocycles. The monoisotopic (exact) mass is 195 g/mol. The Morgan fingerprint density at radius 3 is 2.86 bits per heavy atom. The molecule has 0 saturated heterocycles. The summed E-state index contributed by atoms with van der Waals surface area (Å²) in [7, 11) is 3.57. The quantitative estimate of drug-likeness (QED) is 0.789. The molecule has 2 N–H and O–H groups in total. The van der Waals surface area contributed by atoms with Crippen molar-refractivity contribution in [3.63, 3.8) is 0 Å².